The highest BCUT2D eigenvalue weighted by Crippen LogP contribution is 2.15. The number of rotatable bonds is 10. The summed E-state index contributed by atoms with van der Waals surface area (Å²) in [5.74, 6) is 2.23. The van der Waals surface area contributed by atoms with Gasteiger partial charge in [-0.05, 0) is 37.5 Å². The topological polar surface area (TPSA) is 60.4 Å². The molecule has 0 aliphatic carbocycles. The molecule has 0 spiro atoms. The number of hydrogen-bond donors (Lipinski definition) is 0. The van der Waals surface area contributed by atoms with Crippen LogP contribution in [0.25, 0.3) is 0 Å². The molecule has 0 aliphatic heterocycles. The summed E-state index contributed by atoms with van der Waals surface area (Å²) in [6.07, 6.45) is 2.87. The molecule has 1 aromatic heterocycles. The van der Waals surface area contributed by atoms with Crippen LogP contribution in [-0.4, -0.2) is 41.8 Å². The van der Waals surface area contributed by atoms with Crippen molar-refractivity contribution in [3.05, 3.63) is 35.7 Å². The first-order valence-corrected chi connectivity index (χ1v) is 8.89. The molecule has 0 aliphatic rings. The maximum atomic E-state index is 5.78. The highest BCUT2D eigenvalue weighted by Gasteiger charge is 2.12. The molecular formula is C19H28N4O2. The highest BCUT2D eigenvalue weighted by atomic mass is 16.5. The Balaban J connectivity index is 2.01. The van der Waals surface area contributed by atoms with E-state index in [2.05, 4.69) is 39.8 Å². The first-order chi connectivity index (χ1) is 12.2. The van der Waals surface area contributed by atoms with Crippen molar-refractivity contribution in [3.63, 3.8) is 0 Å². The highest BCUT2D eigenvalue weighted by molar-refractivity contribution is 5.31. The maximum Gasteiger partial charge on any atom is 0.321 e. The van der Waals surface area contributed by atoms with Crippen LogP contribution in [-0.2, 0) is 6.42 Å². The van der Waals surface area contributed by atoms with Gasteiger partial charge in [-0.3, -0.25) is 0 Å². The largest absolute Gasteiger partial charge is 0.497 e. The summed E-state index contributed by atoms with van der Waals surface area (Å²) in [6, 6.07) is 8.37. The minimum absolute atomic E-state index is 0.391. The fourth-order valence-electron chi connectivity index (χ4n) is 2.59. The van der Waals surface area contributed by atoms with Gasteiger partial charge in [-0.2, -0.15) is 15.0 Å². The van der Waals surface area contributed by atoms with E-state index in [1.807, 2.05) is 25.1 Å². The molecule has 1 heterocycles. The fourth-order valence-corrected chi connectivity index (χ4v) is 2.59. The van der Waals surface area contributed by atoms with Crippen molar-refractivity contribution in [1.82, 2.24) is 15.0 Å². The van der Waals surface area contributed by atoms with Gasteiger partial charge in [0.2, 0.25) is 5.95 Å². The van der Waals surface area contributed by atoms with Gasteiger partial charge in [-0.25, -0.2) is 0 Å². The number of benzene rings is 1. The van der Waals surface area contributed by atoms with Crippen molar-refractivity contribution in [3.8, 4) is 11.8 Å². The molecule has 6 heteroatoms. The van der Waals surface area contributed by atoms with Crippen molar-refractivity contribution >= 4 is 5.95 Å². The molecule has 0 radical (unpaired) electrons. The Hall–Kier alpha value is -2.37. The molecule has 25 heavy (non-hydrogen) atoms. The fraction of sp³-hybridized carbons (Fsp3) is 0.526. The molecular weight excluding hydrogens is 316 g/mol. The van der Waals surface area contributed by atoms with Crippen molar-refractivity contribution in [2.45, 2.75) is 40.0 Å². The van der Waals surface area contributed by atoms with Gasteiger partial charge >= 0.3 is 6.01 Å². The third-order valence-electron chi connectivity index (χ3n) is 3.74. The van der Waals surface area contributed by atoms with E-state index in [1.165, 1.54) is 0 Å². The number of methoxy groups -OCH3 is 1. The summed E-state index contributed by atoms with van der Waals surface area (Å²) in [5.41, 5.74) is 1.16. The lowest BCUT2D eigenvalue weighted by Crippen LogP contribution is -2.27. The summed E-state index contributed by atoms with van der Waals surface area (Å²) in [6.45, 7) is 8.55. The molecule has 2 aromatic rings. The zero-order valence-electron chi connectivity index (χ0n) is 15.7. The second-order valence-electron chi connectivity index (χ2n) is 5.90. The summed E-state index contributed by atoms with van der Waals surface area (Å²) in [7, 11) is 1.67. The molecule has 136 valence electrons. The lowest BCUT2D eigenvalue weighted by atomic mass is 10.1. The first kappa shape index (κ1) is 19.0. The number of hydrogen-bond acceptors (Lipinski definition) is 6. The lowest BCUT2D eigenvalue weighted by molar-refractivity contribution is 0.294. The van der Waals surface area contributed by atoms with Gasteiger partial charge in [0.05, 0.1) is 13.7 Å². The first-order valence-electron chi connectivity index (χ1n) is 8.89. The number of anilines is 1. The molecule has 0 saturated carbocycles. The molecule has 0 atom stereocenters. The Labute approximate surface area is 150 Å². The van der Waals surface area contributed by atoms with Crippen molar-refractivity contribution in [2.24, 2.45) is 0 Å². The predicted molar refractivity (Wildman–Crippen MR) is 99.6 cm³/mol. The van der Waals surface area contributed by atoms with Gasteiger partial charge in [0.1, 0.15) is 11.6 Å². The minimum Gasteiger partial charge on any atom is -0.497 e. The Morgan fingerprint density at radius 3 is 2.48 bits per heavy atom. The molecule has 0 unspecified atom stereocenters. The average Bonchev–Trinajstić information content (AvgIpc) is 2.61. The van der Waals surface area contributed by atoms with Gasteiger partial charge in [-0.15, -0.1) is 0 Å². The zero-order valence-corrected chi connectivity index (χ0v) is 15.7. The second kappa shape index (κ2) is 9.81. The maximum absolute atomic E-state index is 5.78. The van der Waals surface area contributed by atoms with Crippen LogP contribution in [0.1, 0.15) is 38.1 Å². The van der Waals surface area contributed by atoms with Crippen molar-refractivity contribution in [2.75, 3.05) is 31.7 Å². The third kappa shape index (κ3) is 5.89. The van der Waals surface area contributed by atoms with E-state index in [0.717, 1.165) is 43.7 Å². The third-order valence-corrected chi connectivity index (χ3v) is 3.74. The van der Waals surface area contributed by atoms with Gasteiger partial charge in [0, 0.05) is 19.5 Å². The smallest absolute Gasteiger partial charge is 0.321 e. The number of aromatic nitrogens is 3. The van der Waals surface area contributed by atoms with Gasteiger partial charge in [0.25, 0.3) is 0 Å². The van der Waals surface area contributed by atoms with Crippen molar-refractivity contribution < 1.29 is 9.47 Å². The second-order valence-corrected chi connectivity index (χ2v) is 5.90. The molecule has 6 nitrogen and oxygen atoms in total. The monoisotopic (exact) mass is 344 g/mol. The van der Waals surface area contributed by atoms with Gasteiger partial charge in [0.15, 0.2) is 0 Å². The average molecular weight is 344 g/mol. The van der Waals surface area contributed by atoms with Crippen LogP contribution in [0.5, 0.6) is 11.8 Å². The van der Waals surface area contributed by atoms with Crippen LogP contribution >= 0.6 is 0 Å². The summed E-state index contributed by atoms with van der Waals surface area (Å²) < 4.78 is 11.0. The molecule has 0 bridgehead atoms. The van der Waals surface area contributed by atoms with Crippen LogP contribution in [0.4, 0.5) is 5.95 Å². The van der Waals surface area contributed by atoms with E-state index in [1.54, 1.807) is 7.11 Å². The molecule has 1 aromatic carbocycles. The Morgan fingerprint density at radius 1 is 1.04 bits per heavy atom. The summed E-state index contributed by atoms with van der Waals surface area (Å²) >= 11 is 0. The van der Waals surface area contributed by atoms with Crippen molar-refractivity contribution in [1.29, 1.82) is 0 Å². The van der Waals surface area contributed by atoms with E-state index >= 15 is 0 Å². The van der Waals surface area contributed by atoms with E-state index in [9.17, 15) is 0 Å². The molecule has 0 N–H and O–H groups in total. The number of ether oxygens (including phenoxy) is 2. The lowest BCUT2D eigenvalue weighted by Gasteiger charge is -2.21. The normalized spacial score (nSPS) is 10.6. The molecule has 0 fully saturated rings. The molecule has 0 saturated heterocycles. The Kier molecular flexibility index (Phi) is 7.44. The van der Waals surface area contributed by atoms with Crippen LogP contribution in [0.15, 0.2) is 24.3 Å². The van der Waals surface area contributed by atoms with E-state index in [4.69, 9.17) is 9.47 Å². The van der Waals surface area contributed by atoms with Crippen LogP contribution in [0, 0.1) is 6.92 Å². The van der Waals surface area contributed by atoms with Crippen LogP contribution < -0.4 is 14.4 Å². The SMILES string of the molecule is CCCN(CCC)c1nc(C)nc(OCCc2cccc(OC)c2)n1. The predicted octanol–water partition coefficient (Wildman–Crippen LogP) is 3.44. The minimum atomic E-state index is 0.391. The summed E-state index contributed by atoms with van der Waals surface area (Å²) in [5, 5.41) is 0. The van der Waals surface area contributed by atoms with Crippen LogP contribution in [0.2, 0.25) is 0 Å². The molecule has 0 amide bonds. The Morgan fingerprint density at radius 2 is 1.80 bits per heavy atom. The zero-order chi connectivity index (χ0) is 18.1. The number of nitrogens with zero attached hydrogens (tertiary/aromatic N) is 4. The summed E-state index contributed by atoms with van der Waals surface area (Å²) in [4.78, 5) is 15.5. The standard InChI is InChI=1S/C19H28N4O2/c1-5-11-23(12-6-2)18-20-15(3)21-19(22-18)25-13-10-16-8-7-9-17(14-16)24-4/h7-9,14H,5-6,10-13H2,1-4H3. The van der Waals surface area contributed by atoms with E-state index < -0.39 is 0 Å². The van der Waals surface area contributed by atoms with Crippen LogP contribution in [0.3, 0.4) is 0 Å². The quantitative estimate of drug-likeness (QED) is 0.658. The van der Waals surface area contributed by atoms with E-state index in [0.29, 0.717) is 24.4 Å². The Bertz CT molecular complexity index is 658. The van der Waals surface area contributed by atoms with E-state index in [-0.39, 0.29) is 0 Å². The van der Waals surface area contributed by atoms with Gasteiger partial charge in [-0.1, -0.05) is 26.0 Å². The van der Waals surface area contributed by atoms with Gasteiger partial charge < -0.3 is 14.4 Å². The number of aryl methyl sites for hydroxylation is 1. The molecule has 2 rings (SSSR count).